The Labute approximate surface area is 190 Å². The zero-order valence-corrected chi connectivity index (χ0v) is 19.2. The van der Waals surface area contributed by atoms with Gasteiger partial charge in [-0.3, -0.25) is 9.78 Å². The number of benzene rings is 1. The largest absolute Gasteiger partial charge is 0.465 e. The second kappa shape index (κ2) is 8.88. The second-order valence-corrected chi connectivity index (χ2v) is 8.66. The number of nitrogens with one attached hydrogen (secondary N) is 1. The van der Waals surface area contributed by atoms with Crippen molar-refractivity contribution in [3.05, 3.63) is 75.9 Å². The molecule has 3 aromatic heterocycles. The van der Waals surface area contributed by atoms with Crippen molar-refractivity contribution in [3.63, 3.8) is 0 Å². The van der Waals surface area contributed by atoms with Gasteiger partial charge in [-0.1, -0.05) is 18.6 Å². The molecule has 162 valence electrons. The number of nitrogens with zero attached hydrogens (tertiary/aromatic N) is 2. The highest BCUT2D eigenvalue weighted by Crippen LogP contribution is 2.32. The third-order valence-corrected chi connectivity index (χ3v) is 6.43. The maximum atomic E-state index is 13.5. The molecule has 0 saturated carbocycles. The summed E-state index contributed by atoms with van der Waals surface area (Å²) < 4.78 is 4.90. The second-order valence-electron chi connectivity index (χ2n) is 7.52. The number of methoxy groups -OCH3 is 1. The van der Waals surface area contributed by atoms with E-state index >= 15 is 0 Å². The summed E-state index contributed by atoms with van der Waals surface area (Å²) in [5.41, 5.74) is 5.22. The summed E-state index contributed by atoms with van der Waals surface area (Å²) in [6, 6.07) is 11.3. The molecule has 1 aromatic carbocycles. The molecule has 0 unspecified atom stereocenters. The normalized spacial score (nSPS) is 10.9. The zero-order chi connectivity index (χ0) is 22.8. The van der Waals surface area contributed by atoms with E-state index in [9.17, 15) is 9.59 Å². The fraction of sp³-hybridized carbons (Fsp3) is 0.200. The Balaban J connectivity index is 1.86. The average molecular weight is 446 g/mol. The van der Waals surface area contributed by atoms with Gasteiger partial charge in [0.25, 0.3) is 5.91 Å². The number of ether oxygens (including phenoxy) is 1. The van der Waals surface area contributed by atoms with Gasteiger partial charge in [0.15, 0.2) is 0 Å². The monoisotopic (exact) mass is 445 g/mol. The van der Waals surface area contributed by atoms with Crippen molar-refractivity contribution < 1.29 is 14.3 Å². The van der Waals surface area contributed by atoms with E-state index in [0.29, 0.717) is 21.8 Å². The molecule has 0 atom stereocenters. The van der Waals surface area contributed by atoms with Crippen molar-refractivity contribution in [2.24, 2.45) is 0 Å². The van der Waals surface area contributed by atoms with Crippen LogP contribution < -0.4 is 5.32 Å². The maximum absolute atomic E-state index is 13.5. The van der Waals surface area contributed by atoms with Crippen LogP contribution in [-0.4, -0.2) is 29.0 Å². The molecule has 0 radical (unpaired) electrons. The number of carbonyl (C=O) groups is 2. The van der Waals surface area contributed by atoms with E-state index in [0.717, 1.165) is 38.9 Å². The number of aromatic nitrogens is 2. The number of aryl methyl sites for hydroxylation is 3. The van der Waals surface area contributed by atoms with Crippen molar-refractivity contribution >= 4 is 39.1 Å². The van der Waals surface area contributed by atoms with E-state index in [4.69, 9.17) is 9.72 Å². The minimum absolute atomic E-state index is 0.299. The highest BCUT2D eigenvalue weighted by atomic mass is 32.1. The molecule has 0 spiro atoms. The molecule has 4 rings (SSSR count). The van der Waals surface area contributed by atoms with Gasteiger partial charge in [-0.2, -0.15) is 0 Å². The van der Waals surface area contributed by atoms with Crippen LogP contribution in [0.25, 0.3) is 22.2 Å². The van der Waals surface area contributed by atoms with E-state index in [1.54, 1.807) is 24.5 Å². The Kier molecular flexibility index (Phi) is 6.01. The van der Waals surface area contributed by atoms with Crippen molar-refractivity contribution in [2.45, 2.75) is 27.2 Å². The van der Waals surface area contributed by atoms with Crippen LogP contribution in [0.4, 0.5) is 5.00 Å². The van der Waals surface area contributed by atoms with E-state index in [-0.39, 0.29) is 5.91 Å². The van der Waals surface area contributed by atoms with Crippen molar-refractivity contribution in [2.75, 3.05) is 12.4 Å². The van der Waals surface area contributed by atoms with E-state index in [1.807, 2.05) is 39.0 Å². The first kappa shape index (κ1) is 21.6. The number of anilines is 1. The predicted octanol–water partition coefficient (Wildman–Crippen LogP) is 5.58. The smallest absolute Gasteiger partial charge is 0.340 e. The summed E-state index contributed by atoms with van der Waals surface area (Å²) in [5, 5.41) is 4.20. The Morgan fingerprint density at radius 3 is 2.50 bits per heavy atom. The van der Waals surface area contributed by atoms with E-state index < -0.39 is 5.97 Å². The van der Waals surface area contributed by atoms with Gasteiger partial charge in [-0.05, 0) is 56.2 Å². The van der Waals surface area contributed by atoms with Crippen LogP contribution in [0.15, 0.2) is 48.8 Å². The molecule has 0 aliphatic heterocycles. The Morgan fingerprint density at radius 1 is 1.06 bits per heavy atom. The van der Waals surface area contributed by atoms with Crippen molar-refractivity contribution in [1.29, 1.82) is 0 Å². The molecule has 32 heavy (non-hydrogen) atoms. The topological polar surface area (TPSA) is 81.2 Å². The number of rotatable bonds is 5. The van der Waals surface area contributed by atoms with Gasteiger partial charge >= 0.3 is 5.97 Å². The van der Waals surface area contributed by atoms with Crippen molar-refractivity contribution in [3.8, 4) is 11.3 Å². The first-order valence-corrected chi connectivity index (χ1v) is 11.1. The minimum atomic E-state index is -0.472. The SMILES string of the molecule is CCc1cc(C(=O)OC)c(NC(=O)c2cc(-c3ccncc3)nc3c(C)cc(C)cc23)s1. The van der Waals surface area contributed by atoms with E-state index in [1.165, 1.54) is 18.4 Å². The Bertz CT molecular complexity index is 1330. The number of thiophene rings is 1. The van der Waals surface area contributed by atoms with Crippen LogP contribution >= 0.6 is 11.3 Å². The maximum Gasteiger partial charge on any atom is 0.340 e. The standard InChI is InChI=1S/C25H23N3O3S/c1-5-17-12-20(25(30)31-4)24(32-17)28-23(29)19-13-21(16-6-8-26-9-7-16)27-22-15(3)10-14(2)11-18(19)22/h6-13H,5H2,1-4H3,(H,28,29). The number of carbonyl (C=O) groups excluding carboxylic acids is 2. The van der Waals surface area contributed by atoms with Gasteiger partial charge in [0.05, 0.1) is 29.4 Å². The average Bonchev–Trinajstić information content (AvgIpc) is 3.21. The van der Waals surface area contributed by atoms with Crippen LogP contribution in [0, 0.1) is 13.8 Å². The number of pyridine rings is 2. The lowest BCUT2D eigenvalue weighted by Crippen LogP contribution is -2.15. The number of hydrogen-bond acceptors (Lipinski definition) is 6. The predicted molar refractivity (Wildman–Crippen MR) is 127 cm³/mol. The van der Waals surface area contributed by atoms with Crippen LogP contribution in [0.5, 0.6) is 0 Å². The molecule has 3 heterocycles. The van der Waals surface area contributed by atoms with Gasteiger partial charge in [0, 0.05) is 28.2 Å². The summed E-state index contributed by atoms with van der Waals surface area (Å²) in [6.45, 7) is 5.98. The molecule has 0 aliphatic rings. The van der Waals surface area contributed by atoms with Crippen LogP contribution in [0.1, 0.15) is 43.6 Å². The zero-order valence-electron chi connectivity index (χ0n) is 18.4. The number of hydrogen-bond donors (Lipinski definition) is 1. The summed E-state index contributed by atoms with van der Waals surface area (Å²) in [4.78, 5) is 35.6. The summed E-state index contributed by atoms with van der Waals surface area (Å²) >= 11 is 1.38. The minimum Gasteiger partial charge on any atom is -0.465 e. The molecule has 4 aromatic rings. The lowest BCUT2D eigenvalue weighted by Gasteiger charge is -2.13. The molecule has 1 N–H and O–H groups in total. The van der Waals surface area contributed by atoms with Gasteiger partial charge in [0.2, 0.25) is 0 Å². The van der Waals surface area contributed by atoms with Gasteiger partial charge in [0.1, 0.15) is 5.00 Å². The lowest BCUT2D eigenvalue weighted by atomic mass is 9.99. The fourth-order valence-electron chi connectivity index (χ4n) is 3.68. The lowest BCUT2D eigenvalue weighted by molar-refractivity contribution is 0.0602. The molecule has 0 fully saturated rings. The van der Waals surface area contributed by atoms with Crippen molar-refractivity contribution in [1.82, 2.24) is 9.97 Å². The molecule has 1 amide bonds. The summed E-state index contributed by atoms with van der Waals surface area (Å²) in [5.74, 6) is -0.771. The van der Waals surface area contributed by atoms with Gasteiger partial charge in [-0.25, -0.2) is 9.78 Å². The number of amides is 1. The molecule has 6 nitrogen and oxygen atoms in total. The van der Waals surface area contributed by atoms with Gasteiger partial charge < -0.3 is 10.1 Å². The molecular formula is C25H23N3O3S. The third-order valence-electron chi connectivity index (χ3n) is 5.23. The molecule has 0 aliphatic carbocycles. The molecule has 0 bridgehead atoms. The van der Waals surface area contributed by atoms with Gasteiger partial charge in [-0.15, -0.1) is 11.3 Å². The Morgan fingerprint density at radius 2 is 1.81 bits per heavy atom. The van der Waals surface area contributed by atoms with Crippen LogP contribution in [0.2, 0.25) is 0 Å². The third kappa shape index (κ3) is 4.11. The molecule has 7 heteroatoms. The fourth-order valence-corrected chi connectivity index (χ4v) is 4.66. The summed E-state index contributed by atoms with van der Waals surface area (Å²) in [6.07, 6.45) is 4.15. The Hall–Kier alpha value is -3.58. The van der Waals surface area contributed by atoms with Crippen LogP contribution in [0.3, 0.4) is 0 Å². The van der Waals surface area contributed by atoms with E-state index in [2.05, 4.69) is 16.4 Å². The molecular weight excluding hydrogens is 422 g/mol. The highest BCUT2D eigenvalue weighted by molar-refractivity contribution is 7.16. The number of esters is 1. The first-order valence-electron chi connectivity index (χ1n) is 10.3. The number of fused-ring (bicyclic) bond motifs is 1. The first-order chi connectivity index (χ1) is 15.4. The van der Waals surface area contributed by atoms with Crippen LogP contribution in [-0.2, 0) is 11.2 Å². The molecule has 0 saturated heterocycles. The summed E-state index contributed by atoms with van der Waals surface area (Å²) in [7, 11) is 1.33. The highest BCUT2D eigenvalue weighted by Gasteiger charge is 2.21. The quantitative estimate of drug-likeness (QED) is 0.406.